The minimum Gasteiger partial charge on any atom is -0.450 e. The first kappa shape index (κ1) is 16.8. The Hall–Kier alpha value is -2.24. The molecular weight excluding hydrogens is 272 g/mol. The smallest absolute Gasteiger partial charge is 0.412 e. The lowest BCUT2D eigenvalue weighted by atomic mass is 9.85. The average Bonchev–Trinajstić information content (AvgIpc) is 2.39. The molecule has 0 aliphatic heterocycles. The Labute approximate surface area is 124 Å². The zero-order valence-corrected chi connectivity index (χ0v) is 13.1. The number of benzene rings is 1. The first-order chi connectivity index (χ1) is 9.77. The molecule has 0 aromatic heterocycles. The lowest BCUT2D eigenvalue weighted by Gasteiger charge is -2.23. The van der Waals surface area contributed by atoms with Gasteiger partial charge < -0.3 is 14.8 Å². The van der Waals surface area contributed by atoms with Crippen LogP contribution in [0.5, 0.6) is 5.75 Å². The highest BCUT2D eigenvalue weighted by atomic mass is 16.6. The number of carbonyl (C=O) groups excluding carboxylic acids is 2. The second-order valence-corrected chi connectivity index (χ2v) is 5.44. The van der Waals surface area contributed by atoms with Crippen molar-refractivity contribution >= 4 is 17.9 Å². The van der Waals surface area contributed by atoms with E-state index in [1.807, 2.05) is 20.8 Å². The largest absolute Gasteiger partial charge is 0.450 e. The van der Waals surface area contributed by atoms with Crippen molar-refractivity contribution in [2.45, 2.75) is 33.1 Å². The quantitative estimate of drug-likeness (QED) is 0.897. The molecule has 0 unspecified atom stereocenters. The van der Waals surface area contributed by atoms with E-state index in [0.29, 0.717) is 18.0 Å². The number of amides is 2. The Morgan fingerprint density at radius 3 is 2.38 bits per heavy atom. The van der Waals surface area contributed by atoms with Gasteiger partial charge >= 0.3 is 12.2 Å². The van der Waals surface area contributed by atoms with E-state index < -0.39 is 12.2 Å². The molecule has 1 aromatic carbocycles. The minimum atomic E-state index is -0.541. The Morgan fingerprint density at radius 1 is 1.19 bits per heavy atom. The monoisotopic (exact) mass is 294 g/mol. The van der Waals surface area contributed by atoms with E-state index in [9.17, 15) is 9.59 Å². The number of hydrogen-bond acceptors (Lipinski definition) is 4. The third-order valence-corrected chi connectivity index (χ3v) is 2.73. The molecule has 0 aliphatic carbocycles. The van der Waals surface area contributed by atoms with Crippen molar-refractivity contribution in [1.29, 1.82) is 0 Å². The van der Waals surface area contributed by atoms with Gasteiger partial charge in [-0.3, -0.25) is 5.32 Å². The molecule has 0 atom stereocenters. The normalized spacial score (nSPS) is 10.7. The topological polar surface area (TPSA) is 76.7 Å². The van der Waals surface area contributed by atoms with E-state index in [4.69, 9.17) is 9.47 Å². The summed E-state index contributed by atoms with van der Waals surface area (Å²) in [6.07, 6.45) is -1.05. The zero-order chi connectivity index (χ0) is 16.0. The summed E-state index contributed by atoms with van der Waals surface area (Å²) in [4.78, 5) is 22.8. The van der Waals surface area contributed by atoms with Crippen LogP contribution in [-0.2, 0) is 10.2 Å². The lowest BCUT2D eigenvalue weighted by molar-refractivity contribution is 0.168. The molecular formula is C15H22N2O4. The lowest BCUT2D eigenvalue weighted by Crippen LogP contribution is -2.23. The highest BCUT2D eigenvalue weighted by Crippen LogP contribution is 2.33. The second-order valence-electron chi connectivity index (χ2n) is 5.44. The number of anilines is 1. The van der Waals surface area contributed by atoms with E-state index in [-0.39, 0.29) is 5.41 Å². The van der Waals surface area contributed by atoms with Gasteiger partial charge in [-0.05, 0) is 36.1 Å². The zero-order valence-electron chi connectivity index (χ0n) is 13.1. The molecule has 0 fully saturated rings. The standard InChI is InChI=1S/C15H22N2O4/c1-6-20-14(19)17-12-8-7-10(21-13(18)16-5)9-11(12)15(2,3)4/h7-9H,6H2,1-5H3,(H,16,18)(H,17,19). The maximum Gasteiger partial charge on any atom is 0.412 e. The Kier molecular flexibility index (Phi) is 5.58. The average molecular weight is 294 g/mol. The molecule has 116 valence electrons. The van der Waals surface area contributed by atoms with E-state index in [2.05, 4.69) is 10.6 Å². The number of nitrogens with one attached hydrogen (secondary N) is 2. The van der Waals surface area contributed by atoms with Crippen molar-refractivity contribution in [2.75, 3.05) is 19.0 Å². The van der Waals surface area contributed by atoms with Gasteiger partial charge in [-0.15, -0.1) is 0 Å². The van der Waals surface area contributed by atoms with Crippen LogP contribution in [-0.4, -0.2) is 25.8 Å². The van der Waals surface area contributed by atoms with E-state index >= 15 is 0 Å². The molecule has 0 spiro atoms. The van der Waals surface area contributed by atoms with Crippen molar-refractivity contribution in [2.24, 2.45) is 0 Å². The van der Waals surface area contributed by atoms with Crippen molar-refractivity contribution in [3.63, 3.8) is 0 Å². The van der Waals surface area contributed by atoms with Crippen LogP contribution in [0.4, 0.5) is 15.3 Å². The van der Waals surface area contributed by atoms with Crippen LogP contribution in [0.25, 0.3) is 0 Å². The van der Waals surface area contributed by atoms with Crippen molar-refractivity contribution in [1.82, 2.24) is 5.32 Å². The number of ether oxygens (including phenoxy) is 2. The summed E-state index contributed by atoms with van der Waals surface area (Å²) in [5, 5.41) is 5.08. The van der Waals surface area contributed by atoms with Crippen LogP contribution in [0.1, 0.15) is 33.3 Å². The van der Waals surface area contributed by atoms with Gasteiger partial charge in [-0.1, -0.05) is 20.8 Å². The Morgan fingerprint density at radius 2 is 1.86 bits per heavy atom. The second kappa shape index (κ2) is 6.97. The van der Waals surface area contributed by atoms with Gasteiger partial charge in [-0.25, -0.2) is 9.59 Å². The fraction of sp³-hybridized carbons (Fsp3) is 0.467. The Balaban J connectivity index is 3.08. The summed E-state index contributed by atoms with van der Waals surface area (Å²) >= 11 is 0. The highest BCUT2D eigenvalue weighted by molar-refractivity contribution is 5.86. The molecule has 0 saturated heterocycles. The van der Waals surface area contributed by atoms with Crippen LogP contribution < -0.4 is 15.4 Å². The molecule has 6 heteroatoms. The fourth-order valence-electron chi connectivity index (χ4n) is 1.75. The van der Waals surface area contributed by atoms with Gasteiger partial charge in [0.2, 0.25) is 0 Å². The summed E-state index contributed by atoms with van der Waals surface area (Å²) in [7, 11) is 1.49. The van der Waals surface area contributed by atoms with Gasteiger partial charge in [0.25, 0.3) is 0 Å². The van der Waals surface area contributed by atoms with Gasteiger partial charge in [0.1, 0.15) is 5.75 Å². The maximum atomic E-state index is 11.6. The predicted molar refractivity (Wildman–Crippen MR) is 80.9 cm³/mol. The molecule has 2 N–H and O–H groups in total. The summed E-state index contributed by atoms with van der Waals surface area (Å²) in [5.41, 5.74) is 1.24. The minimum absolute atomic E-state index is 0.239. The summed E-state index contributed by atoms with van der Waals surface area (Å²) < 4.78 is 9.99. The molecule has 21 heavy (non-hydrogen) atoms. The molecule has 2 amide bonds. The van der Waals surface area contributed by atoms with Gasteiger partial charge in [0.15, 0.2) is 0 Å². The fourth-order valence-corrected chi connectivity index (χ4v) is 1.75. The maximum absolute atomic E-state index is 11.6. The molecule has 1 rings (SSSR count). The predicted octanol–water partition coefficient (Wildman–Crippen LogP) is 3.27. The molecule has 1 aromatic rings. The molecule has 0 saturated carbocycles. The Bertz CT molecular complexity index is 521. The summed E-state index contributed by atoms with van der Waals surface area (Å²) in [6.45, 7) is 8.05. The van der Waals surface area contributed by atoms with Gasteiger partial charge in [0, 0.05) is 12.7 Å². The third kappa shape index (κ3) is 4.98. The molecule has 0 heterocycles. The highest BCUT2D eigenvalue weighted by Gasteiger charge is 2.21. The molecule has 0 aliphatic rings. The SMILES string of the molecule is CCOC(=O)Nc1ccc(OC(=O)NC)cc1C(C)(C)C. The number of hydrogen-bond donors (Lipinski definition) is 2. The van der Waals surface area contributed by atoms with Crippen molar-refractivity contribution in [3.05, 3.63) is 23.8 Å². The van der Waals surface area contributed by atoms with Crippen LogP contribution in [0.3, 0.4) is 0 Å². The van der Waals surface area contributed by atoms with Crippen LogP contribution in [0, 0.1) is 0 Å². The molecule has 6 nitrogen and oxygen atoms in total. The molecule has 0 bridgehead atoms. The van der Waals surface area contributed by atoms with E-state index in [1.165, 1.54) is 7.05 Å². The van der Waals surface area contributed by atoms with Gasteiger partial charge in [-0.2, -0.15) is 0 Å². The van der Waals surface area contributed by atoms with Crippen LogP contribution in [0.15, 0.2) is 18.2 Å². The van der Waals surface area contributed by atoms with Crippen LogP contribution in [0.2, 0.25) is 0 Å². The van der Waals surface area contributed by atoms with Crippen molar-refractivity contribution in [3.8, 4) is 5.75 Å². The summed E-state index contributed by atoms with van der Waals surface area (Å²) in [5.74, 6) is 0.411. The molecule has 0 radical (unpaired) electrons. The van der Waals surface area contributed by atoms with Crippen LogP contribution >= 0.6 is 0 Å². The third-order valence-electron chi connectivity index (χ3n) is 2.73. The summed E-state index contributed by atoms with van der Waals surface area (Å²) in [6, 6.07) is 5.04. The van der Waals surface area contributed by atoms with E-state index in [0.717, 1.165) is 5.56 Å². The first-order valence-corrected chi connectivity index (χ1v) is 6.75. The van der Waals surface area contributed by atoms with Gasteiger partial charge in [0.05, 0.1) is 6.61 Å². The number of rotatable bonds is 3. The first-order valence-electron chi connectivity index (χ1n) is 6.75. The van der Waals surface area contributed by atoms with Crippen molar-refractivity contribution < 1.29 is 19.1 Å². The van der Waals surface area contributed by atoms with E-state index in [1.54, 1.807) is 25.1 Å². The number of carbonyl (C=O) groups is 2.